The van der Waals surface area contributed by atoms with E-state index >= 15 is 0 Å². The number of hydrogen-bond acceptors (Lipinski definition) is 5. The molecule has 0 spiro atoms. The molecule has 0 saturated carbocycles. The molecule has 0 amide bonds. The minimum Gasteiger partial charge on any atom is -0.465 e. The summed E-state index contributed by atoms with van der Waals surface area (Å²) in [6.45, 7) is 0. The summed E-state index contributed by atoms with van der Waals surface area (Å²) in [5, 5.41) is 0.800. The highest BCUT2D eigenvalue weighted by molar-refractivity contribution is 7.92. The van der Waals surface area contributed by atoms with E-state index in [2.05, 4.69) is 9.46 Å². The summed E-state index contributed by atoms with van der Waals surface area (Å²) >= 11 is 1.30. The summed E-state index contributed by atoms with van der Waals surface area (Å²) in [4.78, 5) is 11.9. The minimum atomic E-state index is -3.30. The van der Waals surface area contributed by atoms with Crippen LogP contribution in [0, 0.1) is 0 Å². The van der Waals surface area contributed by atoms with Gasteiger partial charge in [-0.15, -0.1) is 11.3 Å². The van der Waals surface area contributed by atoms with Gasteiger partial charge in [0.05, 0.1) is 13.4 Å². The van der Waals surface area contributed by atoms with Gasteiger partial charge in [0.15, 0.2) is 0 Å². The van der Waals surface area contributed by atoms with Crippen molar-refractivity contribution in [1.82, 2.24) is 0 Å². The predicted molar refractivity (Wildman–Crippen MR) is 71.6 cm³/mol. The fourth-order valence-corrected chi connectivity index (χ4v) is 3.04. The van der Waals surface area contributed by atoms with Crippen molar-refractivity contribution >= 4 is 43.1 Å². The summed E-state index contributed by atoms with van der Waals surface area (Å²) in [5.41, 5.74) is 0.471. The van der Waals surface area contributed by atoms with Crippen LogP contribution in [0.4, 0.5) is 5.69 Å². The van der Waals surface area contributed by atoms with Gasteiger partial charge in [-0.2, -0.15) is 0 Å². The number of fused-ring (bicyclic) bond motifs is 1. The molecule has 5 nitrogen and oxygen atoms in total. The van der Waals surface area contributed by atoms with Gasteiger partial charge in [0, 0.05) is 10.4 Å². The van der Waals surface area contributed by atoms with Crippen molar-refractivity contribution < 1.29 is 17.9 Å². The molecule has 0 fully saturated rings. The van der Waals surface area contributed by atoms with Gasteiger partial charge in [-0.05, 0) is 29.7 Å². The molecule has 0 bridgehead atoms. The molecule has 1 heterocycles. The van der Waals surface area contributed by atoms with Gasteiger partial charge >= 0.3 is 5.97 Å². The first-order valence-corrected chi connectivity index (χ1v) is 7.69. The number of anilines is 1. The molecule has 1 aromatic heterocycles. The highest BCUT2D eigenvalue weighted by Gasteiger charge is 2.11. The molecule has 0 unspecified atom stereocenters. The molecule has 18 heavy (non-hydrogen) atoms. The molecule has 1 aromatic carbocycles. The summed E-state index contributed by atoms with van der Waals surface area (Å²) in [7, 11) is -1.98. The zero-order valence-electron chi connectivity index (χ0n) is 9.76. The Kier molecular flexibility index (Phi) is 3.27. The number of esters is 1. The van der Waals surface area contributed by atoms with Crippen molar-refractivity contribution in [2.45, 2.75) is 0 Å². The van der Waals surface area contributed by atoms with E-state index in [-0.39, 0.29) is 0 Å². The molecule has 2 rings (SSSR count). The molecule has 0 aliphatic carbocycles. The molecule has 0 atom stereocenters. The van der Waals surface area contributed by atoms with E-state index in [1.165, 1.54) is 18.4 Å². The first-order chi connectivity index (χ1) is 8.39. The number of sulfonamides is 1. The molecule has 0 saturated heterocycles. The van der Waals surface area contributed by atoms with Crippen LogP contribution >= 0.6 is 11.3 Å². The molecule has 96 valence electrons. The van der Waals surface area contributed by atoms with Gasteiger partial charge in [-0.3, -0.25) is 4.72 Å². The summed E-state index contributed by atoms with van der Waals surface area (Å²) in [6.07, 6.45) is 1.09. The van der Waals surface area contributed by atoms with E-state index < -0.39 is 16.0 Å². The van der Waals surface area contributed by atoms with E-state index in [0.717, 1.165) is 16.3 Å². The number of carbonyl (C=O) groups is 1. The lowest BCUT2D eigenvalue weighted by Crippen LogP contribution is -2.09. The first kappa shape index (κ1) is 12.8. The third kappa shape index (κ3) is 2.80. The maximum Gasteiger partial charge on any atom is 0.348 e. The van der Waals surface area contributed by atoms with Crippen LogP contribution in [0.25, 0.3) is 10.1 Å². The summed E-state index contributed by atoms with van der Waals surface area (Å²) < 4.78 is 30.1. The average molecular weight is 285 g/mol. The van der Waals surface area contributed by atoms with Gasteiger partial charge in [0.1, 0.15) is 4.88 Å². The quantitative estimate of drug-likeness (QED) is 0.876. The zero-order valence-corrected chi connectivity index (χ0v) is 11.4. The maximum absolute atomic E-state index is 11.4. The largest absolute Gasteiger partial charge is 0.465 e. The van der Waals surface area contributed by atoms with Crippen molar-refractivity contribution in [3.05, 3.63) is 29.1 Å². The number of rotatable bonds is 3. The number of methoxy groups -OCH3 is 1. The van der Waals surface area contributed by atoms with Crippen LogP contribution in [0.3, 0.4) is 0 Å². The van der Waals surface area contributed by atoms with Gasteiger partial charge in [0.25, 0.3) is 0 Å². The van der Waals surface area contributed by atoms with Crippen molar-refractivity contribution in [2.75, 3.05) is 18.1 Å². The van der Waals surface area contributed by atoms with Crippen molar-refractivity contribution in [3.8, 4) is 0 Å². The number of hydrogen-bond donors (Lipinski definition) is 1. The topological polar surface area (TPSA) is 72.5 Å². The predicted octanol–water partition coefficient (Wildman–Crippen LogP) is 2.06. The van der Waals surface area contributed by atoms with Crippen LogP contribution in [-0.4, -0.2) is 27.8 Å². The summed E-state index contributed by atoms with van der Waals surface area (Å²) in [6, 6.07) is 6.78. The Balaban J connectivity index is 2.42. The van der Waals surface area contributed by atoms with Gasteiger partial charge in [-0.25, -0.2) is 13.2 Å². The lowest BCUT2D eigenvalue weighted by molar-refractivity contribution is 0.0606. The Morgan fingerprint density at radius 1 is 1.33 bits per heavy atom. The lowest BCUT2D eigenvalue weighted by atomic mass is 10.2. The standard InChI is InChI=1S/C11H11NO4S2/c1-16-11(13)10-6-7-5-8(12-18(2,14)15)3-4-9(7)17-10/h3-6,12H,1-2H3. The van der Waals surface area contributed by atoms with Crippen LogP contribution < -0.4 is 4.72 Å². The first-order valence-electron chi connectivity index (χ1n) is 4.99. The lowest BCUT2D eigenvalue weighted by Gasteiger charge is -2.02. The number of ether oxygens (including phenoxy) is 1. The van der Waals surface area contributed by atoms with Crippen LogP contribution in [0.1, 0.15) is 9.67 Å². The Bertz CT molecular complexity index is 703. The number of benzene rings is 1. The fraction of sp³-hybridized carbons (Fsp3) is 0.182. The molecule has 0 aliphatic rings. The zero-order chi connectivity index (χ0) is 13.3. The number of nitrogens with one attached hydrogen (secondary N) is 1. The third-order valence-electron chi connectivity index (χ3n) is 2.21. The van der Waals surface area contributed by atoms with Gasteiger partial charge in [-0.1, -0.05) is 0 Å². The van der Waals surface area contributed by atoms with Gasteiger partial charge in [0.2, 0.25) is 10.0 Å². The molecule has 7 heteroatoms. The monoisotopic (exact) mass is 285 g/mol. The van der Waals surface area contributed by atoms with E-state index in [4.69, 9.17) is 0 Å². The minimum absolute atomic E-state index is 0.395. The normalized spacial score (nSPS) is 11.4. The second-order valence-electron chi connectivity index (χ2n) is 3.73. The Hall–Kier alpha value is -1.60. The van der Waals surface area contributed by atoms with E-state index in [1.54, 1.807) is 24.3 Å². The molecule has 2 aromatic rings. The molecule has 0 radical (unpaired) electrons. The molecule has 1 N–H and O–H groups in total. The van der Waals surface area contributed by atoms with Crippen LogP contribution in [0.2, 0.25) is 0 Å². The van der Waals surface area contributed by atoms with E-state index in [1.807, 2.05) is 0 Å². The summed E-state index contributed by atoms with van der Waals surface area (Å²) in [5.74, 6) is -0.395. The Labute approximate surface area is 108 Å². The SMILES string of the molecule is COC(=O)c1cc2cc(NS(C)(=O)=O)ccc2s1. The highest BCUT2D eigenvalue weighted by Crippen LogP contribution is 2.28. The van der Waals surface area contributed by atoms with Crippen LogP contribution in [0.15, 0.2) is 24.3 Å². The number of thiophene rings is 1. The molecular formula is C11H11NO4S2. The second-order valence-corrected chi connectivity index (χ2v) is 6.56. The van der Waals surface area contributed by atoms with E-state index in [9.17, 15) is 13.2 Å². The Morgan fingerprint density at radius 2 is 2.06 bits per heavy atom. The molecular weight excluding hydrogens is 274 g/mol. The number of carbonyl (C=O) groups excluding carboxylic acids is 1. The van der Waals surface area contributed by atoms with Crippen molar-refractivity contribution in [2.24, 2.45) is 0 Å². The van der Waals surface area contributed by atoms with Crippen LogP contribution in [-0.2, 0) is 14.8 Å². The third-order valence-corrected chi connectivity index (χ3v) is 3.91. The smallest absolute Gasteiger partial charge is 0.348 e. The fourth-order valence-electron chi connectivity index (χ4n) is 1.52. The Morgan fingerprint density at radius 3 is 2.67 bits per heavy atom. The second kappa shape index (κ2) is 4.58. The maximum atomic E-state index is 11.4. The average Bonchev–Trinajstić information content (AvgIpc) is 2.68. The van der Waals surface area contributed by atoms with E-state index in [0.29, 0.717) is 10.6 Å². The highest BCUT2D eigenvalue weighted by atomic mass is 32.2. The van der Waals surface area contributed by atoms with Gasteiger partial charge < -0.3 is 4.74 Å². The molecule has 0 aliphatic heterocycles. The van der Waals surface area contributed by atoms with Crippen LogP contribution in [0.5, 0.6) is 0 Å². The van der Waals surface area contributed by atoms with Crippen molar-refractivity contribution in [3.63, 3.8) is 0 Å². The van der Waals surface area contributed by atoms with Crippen molar-refractivity contribution in [1.29, 1.82) is 0 Å².